The topological polar surface area (TPSA) is 165 Å². The van der Waals surface area contributed by atoms with Crippen LogP contribution in [0.4, 0.5) is 10.6 Å². The van der Waals surface area contributed by atoms with Crippen LogP contribution in [0.25, 0.3) is 5.65 Å². The van der Waals surface area contributed by atoms with Crippen LogP contribution in [0.2, 0.25) is 0 Å². The maximum absolute atomic E-state index is 13.7. The number of pyridine rings is 1. The Bertz CT molecular complexity index is 2040. The van der Waals surface area contributed by atoms with Gasteiger partial charge in [0.2, 0.25) is 5.82 Å². The number of likely N-dealkylation sites (N-methyl/N-ethyl adjacent to an activating group) is 1. The van der Waals surface area contributed by atoms with E-state index in [2.05, 4.69) is 61.8 Å². The van der Waals surface area contributed by atoms with Crippen molar-refractivity contribution in [3.8, 4) is 5.75 Å². The van der Waals surface area contributed by atoms with Crippen molar-refractivity contribution in [3.05, 3.63) is 89.3 Å². The van der Waals surface area contributed by atoms with Gasteiger partial charge in [-0.2, -0.15) is 0 Å². The lowest BCUT2D eigenvalue weighted by Gasteiger charge is -2.42. The Morgan fingerprint density at radius 3 is 2.43 bits per heavy atom. The second-order valence-electron chi connectivity index (χ2n) is 16.0. The SMILES string of the molecule is CN(C)C1(CNC(=O)c2nc(NC(=O)N[C@@]3(C=O)C=C[C@@H](Oc4ccc5nnc(C(C)(C)C)n5c4)c4ccccc43)cc(C(C)(C)C)n2)CCOCC1. The number of hydrogen-bond donors (Lipinski definition) is 3. The molecule has 1 saturated heterocycles. The second-order valence-corrected chi connectivity index (χ2v) is 16.0. The summed E-state index contributed by atoms with van der Waals surface area (Å²) in [7, 11) is 3.99. The van der Waals surface area contributed by atoms with E-state index < -0.39 is 29.0 Å². The molecule has 0 radical (unpaired) electrons. The highest BCUT2D eigenvalue weighted by Gasteiger charge is 2.39. The first-order chi connectivity index (χ1) is 25.0. The van der Waals surface area contributed by atoms with Crippen molar-refractivity contribution in [3.63, 3.8) is 0 Å². The molecule has 3 amide bonds. The number of nitrogens with zero attached hydrogens (tertiary/aromatic N) is 6. The average Bonchev–Trinajstić information content (AvgIpc) is 3.56. The summed E-state index contributed by atoms with van der Waals surface area (Å²) >= 11 is 0. The summed E-state index contributed by atoms with van der Waals surface area (Å²) in [5, 5.41) is 17.3. The van der Waals surface area contributed by atoms with Crippen LogP contribution in [0, 0.1) is 0 Å². The summed E-state index contributed by atoms with van der Waals surface area (Å²) in [6.45, 7) is 13.7. The van der Waals surface area contributed by atoms with Gasteiger partial charge in [0.15, 0.2) is 11.9 Å². The van der Waals surface area contributed by atoms with Gasteiger partial charge in [-0.15, -0.1) is 10.2 Å². The first-order valence-electron chi connectivity index (χ1n) is 17.8. The third kappa shape index (κ3) is 7.79. The molecule has 1 aliphatic heterocycles. The first kappa shape index (κ1) is 37.5. The van der Waals surface area contributed by atoms with Crippen molar-refractivity contribution >= 4 is 29.7 Å². The van der Waals surface area contributed by atoms with E-state index in [4.69, 9.17) is 9.47 Å². The fraction of sp³-hybridized carbons (Fsp3) is 0.462. The smallest absolute Gasteiger partial charge is 0.321 e. The monoisotopic (exact) mass is 723 g/mol. The minimum Gasteiger partial charge on any atom is -0.480 e. The molecule has 0 unspecified atom stereocenters. The zero-order valence-electron chi connectivity index (χ0n) is 31.7. The van der Waals surface area contributed by atoms with Crippen LogP contribution in [-0.4, -0.2) is 87.1 Å². The third-order valence-electron chi connectivity index (χ3n) is 9.95. The van der Waals surface area contributed by atoms with Gasteiger partial charge in [-0.05, 0) is 56.8 Å². The standard InChI is InChI=1S/C39H49N9O5/c1-36(2,3)29-21-30(42-32(41-29)33(50)40-23-38(47(7)8)17-19-52-20-18-38)43-35(51)44-39(24-49)16-15-28(26-11-9-10-12-27(26)39)53-25-13-14-31-45-46-34(37(4,5)6)48(31)22-25/h9-16,21-22,24,28H,17-20,23H2,1-8H3,(H,40,50)(H2,41,42,43,44,51)/t28-,39-/m1/s1. The van der Waals surface area contributed by atoms with Gasteiger partial charge < -0.3 is 25.0 Å². The van der Waals surface area contributed by atoms with E-state index in [-0.39, 0.29) is 22.6 Å². The van der Waals surface area contributed by atoms with Gasteiger partial charge in [0, 0.05) is 47.8 Å². The first-order valence-corrected chi connectivity index (χ1v) is 17.8. The minimum atomic E-state index is -1.51. The van der Waals surface area contributed by atoms with Crippen molar-refractivity contribution in [2.24, 2.45) is 0 Å². The van der Waals surface area contributed by atoms with Gasteiger partial charge in [-0.25, -0.2) is 14.8 Å². The van der Waals surface area contributed by atoms with Crippen molar-refractivity contribution in [2.45, 2.75) is 82.4 Å². The molecule has 6 rings (SSSR count). The van der Waals surface area contributed by atoms with Gasteiger partial charge in [-0.1, -0.05) is 65.8 Å². The van der Waals surface area contributed by atoms with Crippen molar-refractivity contribution in [2.75, 3.05) is 39.2 Å². The summed E-state index contributed by atoms with van der Waals surface area (Å²) in [6.07, 6.45) is 6.91. The quantitative estimate of drug-likeness (QED) is 0.161. The highest BCUT2D eigenvalue weighted by atomic mass is 16.5. The molecule has 3 N–H and O–H groups in total. The van der Waals surface area contributed by atoms with E-state index in [9.17, 15) is 14.4 Å². The molecule has 0 spiro atoms. The third-order valence-corrected chi connectivity index (χ3v) is 9.95. The van der Waals surface area contributed by atoms with Crippen LogP contribution in [-0.2, 0) is 25.9 Å². The van der Waals surface area contributed by atoms with Gasteiger partial charge in [0.05, 0.1) is 11.9 Å². The molecular weight excluding hydrogens is 674 g/mol. The number of aromatic nitrogens is 5. The Kier molecular flexibility index (Phi) is 10.1. The van der Waals surface area contributed by atoms with E-state index in [1.807, 2.05) is 69.7 Å². The molecule has 2 aliphatic rings. The number of amides is 3. The lowest BCUT2D eigenvalue weighted by Crippen LogP contribution is -2.55. The number of carbonyl (C=O) groups excluding carboxylic acids is 3. The van der Waals surface area contributed by atoms with Gasteiger partial charge >= 0.3 is 6.03 Å². The maximum atomic E-state index is 13.7. The Morgan fingerprint density at radius 2 is 1.75 bits per heavy atom. The van der Waals surface area contributed by atoms with Crippen LogP contribution in [0.1, 0.15) is 93.8 Å². The zero-order valence-corrected chi connectivity index (χ0v) is 31.7. The Morgan fingerprint density at radius 1 is 1.02 bits per heavy atom. The molecule has 1 fully saturated rings. The normalized spacial score (nSPS) is 19.8. The highest BCUT2D eigenvalue weighted by molar-refractivity contribution is 5.94. The molecule has 53 heavy (non-hydrogen) atoms. The van der Waals surface area contributed by atoms with Crippen LogP contribution in [0.15, 0.2) is 60.8 Å². The molecule has 0 bridgehead atoms. The number of aldehydes is 1. The van der Waals surface area contributed by atoms with E-state index in [0.29, 0.717) is 54.3 Å². The van der Waals surface area contributed by atoms with Gasteiger partial charge in [0.25, 0.3) is 5.91 Å². The zero-order chi connectivity index (χ0) is 38.2. The molecule has 4 heterocycles. The molecule has 14 heteroatoms. The van der Waals surface area contributed by atoms with Crippen molar-refractivity contribution in [1.82, 2.24) is 40.1 Å². The molecule has 1 aliphatic carbocycles. The molecule has 3 aromatic heterocycles. The fourth-order valence-corrected chi connectivity index (χ4v) is 6.69. The maximum Gasteiger partial charge on any atom is 0.321 e. The lowest BCUT2D eigenvalue weighted by atomic mass is 9.81. The molecule has 2 atom stereocenters. The molecular formula is C39H49N9O5. The molecule has 4 aromatic rings. The van der Waals surface area contributed by atoms with E-state index >= 15 is 0 Å². The lowest BCUT2D eigenvalue weighted by molar-refractivity contribution is -0.111. The summed E-state index contributed by atoms with van der Waals surface area (Å²) in [5.74, 6) is 0.979. The summed E-state index contributed by atoms with van der Waals surface area (Å²) in [5.41, 5.74) is 0.0616. The average molecular weight is 724 g/mol. The number of hydrogen-bond acceptors (Lipinski definition) is 10. The summed E-state index contributed by atoms with van der Waals surface area (Å²) in [6, 6.07) is 11.9. The predicted octanol–water partition coefficient (Wildman–Crippen LogP) is 4.86. The molecule has 0 saturated carbocycles. The van der Waals surface area contributed by atoms with E-state index in [1.165, 1.54) is 0 Å². The number of urea groups is 1. The van der Waals surface area contributed by atoms with Crippen LogP contribution < -0.4 is 20.7 Å². The molecule has 1 aromatic carbocycles. The Balaban J connectivity index is 1.22. The Hall–Kier alpha value is -5.21. The number of rotatable bonds is 9. The molecule has 14 nitrogen and oxygen atoms in total. The van der Waals surface area contributed by atoms with E-state index in [0.717, 1.165) is 18.7 Å². The van der Waals surface area contributed by atoms with Crippen LogP contribution in [0.5, 0.6) is 5.75 Å². The van der Waals surface area contributed by atoms with Crippen LogP contribution >= 0.6 is 0 Å². The fourth-order valence-electron chi connectivity index (χ4n) is 6.69. The predicted molar refractivity (Wildman–Crippen MR) is 200 cm³/mol. The highest BCUT2D eigenvalue weighted by Crippen LogP contribution is 2.37. The number of ether oxygens (including phenoxy) is 2. The Labute approximate surface area is 309 Å². The summed E-state index contributed by atoms with van der Waals surface area (Å²) in [4.78, 5) is 51.2. The van der Waals surface area contributed by atoms with Crippen molar-refractivity contribution < 1.29 is 23.9 Å². The number of fused-ring (bicyclic) bond motifs is 2. The molecule has 280 valence electrons. The van der Waals surface area contributed by atoms with Crippen LogP contribution in [0.3, 0.4) is 0 Å². The number of nitrogens with one attached hydrogen (secondary N) is 3. The summed E-state index contributed by atoms with van der Waals surface area (Å²) < 4.78 is 13.9. The van der Waals surface area contributed by atoms with Crippen molar-refractivity contribution in [1.29, 1.82) is 0 Å². The number of anilines is 1. The number of carbonyl (C=O) groups is 3. The number of benzene rings is 1. The largest absolute Gasteiger partial charge is 0.480 e. The minimum absolute atomic E-state index is 0.0685. The van der Waals surface area contributed by atoms with E-state index in [1.54, 1.807) is 30.4 Å². The van der Waals surface area contributed by atoms with Gasteiger partial charge in [0.1, 0.15) is 29.0 Å². The van der Waals surface area contributed by atoms with Gasteiger partial charge in [-0.3, -0.25) is 19.3 Å². The second kappa shape index (κ2) is 14.3.